The number of para-hydroxylation sites is 2. The molecule has 0 fully saturated rings. The van der Waals surface area contributed by atoms with Gasteiger partial charge in [0.15, 0.2) is 0 Å². The normalized spacial score (nSPS) is 10.5. The maximum atomic E-state index is 13.3. The standard InChI is InChI=1S/C23H33N3O.ClH/c1-7-25(8-2)15-16-26(22-19(5)13-10-14-20(22)6)23(27)24-21-17(3)11-9-12-18(21)4;/h9-14H,7-8,15-16H2,1-6H3,(H,24,27);1H. The highest BCUT2D eigenvalue weighted by Crippen LogP contribution is 2.27. The smallest absolute Gasteiger partial charge is 1.00 e. The fraction of sp³-hybridized carbons (Fsp3) is 0.435. The van der Waals surface area contributed by atoms with Crippen molar-refractivity contribution in [3.63, 3.8) is 0 Å². The van der Waals surface area contributed by atoms with Crippen LogP contribution in [0.15, 0.2) is 36.4 Å². The fourth-order valence-corrected chi connectivity index (χ4v) is 3.51. The van der Waals surface area contributed by atoms with Gasteiger partial charge in [-0.05, 0) is 63.0 Å². The summed E-state index contributed by atoms with van der Waals surface area (Å²) >= 11 is 0. The molecule has 0 spiro atoms. The van der Waals surface area contributed by atoms with Crippen LogP contribution in [0.3, 0.4) is 0 Å². The van der Waals surface area contributed by atoms with E-state index in [1.54, 1.807) is 0 Å². The van der Waals surface area contributed by atoms with E-state index >= 15 is 0 Å². The number of hydrogen-bond donors (Lipinski definition) is 1. The molecule has 0 bridgehead atoms. The van der Waals surface area contributed by atoms with Crippen LogP contribution in [0.1, 0.15) is 37.5 Å². The van der Waals surface area contributed by atoms with Crippen molar-refractivity contribution in [2.45, 2.75) is 41.5 Å². The average molecular weight is 404 g/mol. The maximum Gasteiger partial charge on any atom is 1.00 e. The second-order valence-electron chi connectivity index (χ2n) is 7.12. The molecule has 0 aliphatic carbocycles. The van der Waals surface area contributed by atoms with E-state index in [1.165, 1.54) is 0 Å². The average Bonchev–Trinajstić information content (AvgIpc) is 2.63. The molecule has 0 atom stereocenters. The van der Waals surface area contributed by atoms with Crippen LogP contribution in [0.4, 0.5) is 16.2 Å². The Bertz CT molecular complexity index is 753. The van der Waals surface area contributed by atoms with Crippen molar-refractivity contribution >= 4 is 17.4 Å². The Balaban J connectivity index is 0.00000392. The van der Waals surface area contributed by atoms with Gasteiger partial charge in [-0.2, -0.15) is 0 Å². The Morgan fingerprint density at radius 3 is 1.79 bits per heavy atom. The number of halogens is 1. The fourth-order valence-electron chi connectivity index (χ4n) is 3.51. The molecule has 5 heteroatoms. The van der Waals surface area contributed by atoms with Gasteiger partial charge in [-0.1, -0.05) is 50.2 Å². The molecule has 2 rings (SSSR count). The van der Waals surface area contributed by atoms with E-state index in [1.807, 2.05) is 43.0 Å². The van der Waals surface area contributed by atoms with Gasteiger partial charge in [0.25, 0.3) is 0 Å². The summed E-state index contributed by atoms with van der Waals surface area (Å²) in [6.45, 7) is 16.0. The molecule has 0 unspecified atom stereocenters. The molecule has 0 aliphatic heterocycles. The minimum absolute atomic E-state index is 0. The zero-order valence-electron chi connectivity index (χ0n) is 19.0. The number of anilines is 2. The van der Waals surface area contributed by atoms with Crippen LogP contribution < -0.4 is 22.6 Å². The van der Waals surface area contributed by atoms with Crippen molar-refractivity contribution in [2.24, 2.45) is 0 Å². The SMILES string of the molecule is CCN(CC)CCN(C(=O)Nc1c(C)cccc1C)c1c(C)cccc1C.[Cl-].[H+]. The molecule has 28 heavy (non-hydrogen) atoms. The van der Waals surface area contributed by atoms with Crippen molar-refractivity contribution in [1.82, 2.24) is 4.90 Å². The van der Waals surface area contributed by atoms with Gasteiger partial charge >= 0.3 is 7.46 Å². The monoisotopic (exact) mass is 403 g/mol. The van der Waals surface area contributed by atoms with Gasteiger partial charge in [-0.15, -0.1) is 0 Å². The topological polar surface area (TPSA) is 35.6 Å². The van der Waals surface area contributed by atoms with Crippen molar-refractivity contribution in [3.05, 3.63) is 58.7 Å². The van der Waals surface area contributed by atoms with E-state index in [4.69, 9.17) is 0 Å². The lowest BCUT2D eigenvalue weighted by atomic mass is 10.1. The van der Waals surface area contributed by atoms with Crippen molar-refractivity contribution < 1.29 is 18.6 Å². The minimum atomic E-state index is -0.0723. The Hall–Kier alpha value is -2.04. The third-order valence-electron chi connectivity index (χ3n) is 5.20. The van der Waals surface area contributed by atoms with Gasteiger partial charge in [-0.3, -0.25) is 4.90 Å². The van der Waals surface area contributed by atoms with E-state index in [-0.39, 0.29) is 19.9 Å². The number of amides is 2. The Labute approximate surface area is 177 Å². The molecule has 0 aliphatic rings. The number of nitrogens with zero attached hydrogens (tertiary/aromatic N) is 2. The first kappa shape index (κ1) is 24.0. The van der Waals surface area contributed by atoms with Gasteiger partial charge in [0.05, 0.1) is 5.69 Å². The largest absolute Gasteiger partial charge is 1.00 e. The first-order valence-corrected chi connectivity index (χ1v) is 9.82. The molecular weight excluding hydrogens is 370 g/mol. The molecule has 0 saturated carbocycles. The highest BCUT2D eigenvalue weighted by Gasteiger charge is 2.21. The third kappa shape index (κ3) is 5.73. The molecular formula is C23H34ClN3O. The number of benzene rings is 2. The van der Waals surface area contributed by atoms with Crippen molar-refractivity contribution in [2.75, 3.05) is 36.4 Å². The van der Waals surface area contributed by atoms with Crippen molar-refractivity contribution in [1.29, 1.82) is 0 Å². The number of aryl methyl sites for hydroxylation is 4. The Morgan fingerprint density at radius 1 is 0.857 bits per heavy atom. The molecule has 2 amide bonds. The molecule has 0 saturated heterocycles. The zero-order valence-corrected chi connectivity index (χ0v) is 18.7. The highest BCUT2D eigenvalue weighted by atomic mass is 35.5. The molecule has 0 aromatic heterocycles. The molecule has 1 N–H and O–H groups in total. The van der Waals surface area contributed by atoms with Crippen LogP contribution in [0, 0.1) is 27.7 Å². The summed E-state index contributed by atoms with van der Waals surface area (Å²) in [5.41, 5.74) is 6.30. The first-order chi connectivity index (χ1) is 12.9. The van der Waals surface area contributed by atoms with Crippen LogP contribution in [0.2, 0.25) is 0 Å². The van der Waals surface area contributed by atoms with Crippen LogP contribution in [-0.4, -0.2) is 37.1 Å². The van der Waals surface area contributed by atoms with E-state index in [9.17, 15) is 4.79 Å². The van der Waals surface area contributed by atoms with Gasteiger partial charge in [0.2, 0.25) is 0 Å². The predicted octanol–water partition coefficient (Wildman–Crippen LogP) is 2.42. The lowest BCUT2D eigenvalue weighted by molar-refractivity contribution is -0.00000871. The maximum absolute atomic E-state index is 13.3. The number of carbonyl (C=O) groups excluding carboxylic acids is 1. The summed E-state index contributed by atoms with van der Waals surface area (Å²) in [4.78, 5) is 17.5. The summed E-state index contributed by atoms with van der Waals surface area (Å²) in [6.07, 6.45) is 0. The third-order valence-corrected chi connectivity index (χ3v) is 5.20. The number of carbonyl (C=O) groups is 1. The molecule has 154 valence electrons. The Morgan fingerprint density at radius 2 is 1.32 bits per heavy atom. The lowest BCUT2D eigenvalue weighted by Gasteiger charge is -2.29. The molecule has 0 heterocycles. The Kier molecular flexibility index (Phi) is 9.50. The van der Waals surface area contributed by atoms with Crippen LogP contribution >= 0.6 is 0 Å². The number of urea groups is 1. The quantitative estimate of drug-likeness (QED) is 0.770. The second-order valence-corrected chi connectivity index (χ2v) is 7.12. The highest BCUT2D eigenvalue weighted by molar-refractivity contribution is 6.03. The van der Waals surface area contributed by atoms with Crippen LogP contribution in [-0.2, 0) is 0 Å². The second kappa shape index (κ2) is 11.1. The van der Waals surface area contributed by atoms with E-state index in [2.05, 4.69) is 50.0 Å². The van der Waals surface area contributed by atoms with E-state index < -0.39 is 0 Å². The first-order valence-electron chi connectivity index (χ1n) is 9.82. The summed E-state index contributed by atoms with van der Waals surface area (Å²) in [5, 5.41) is 3.16. The van der Waals surface area contributed by atoms with Gasteiger partial charge in [-0.25, -0.2) is 4.79 Å². The number of rotatable bonds is 7. The molecule has 4 nitrogen and oxygen atoms in total. The van der Waals surface area contributed by atoms with Gasteiger partial charge in [0, 0.05) is 18.8 Å². The number of likely N-dealkylation sites (N-methyl/N-ethyl adjacent to an activating group) is 1. The summed E-state index contributed by atoms with van der Waals surface area (Å²) < 4.78 is 0. The molecule has 2 aromatic rings. The van der Waals surface area contributed by atoms with Gasteiger partial charge < -0.3 is 22.6 Å². The number of hydrogen-bond acceptors (Lipinski definition) is 2. The lowest BCUT2D eigenvalue weighted by Crippen LogP contribution is -3.00. The van der Waals surface area contributed by atoms with Crippen LogP contribution in [0.25, 0.3) is 0 Å². The van der Waals surface area contributed by atoms with Gasteiger partial charge in [0.1, 0.15) is 0 Å². The van der Waals surface area contributed by atoms with E-state index in [0.29, 0.717) is 6.54 Å². The van der Waals surface area contributed by atoms with Crippen LogP contribution in [0.5, 0.6) is 0 Å². The summed E-state index contributed by atoms with van der Waals surface area (Å²) in [5.74, 6) is 0. The van der Waals surface area contributed by atoms with Crippen molar-refractivity contribution in [3.8, 4) is 0 Å². The number of nitrogens with one attached hydrogen (secondary N) is 1. The molecule has 0 radical (unpaired) electrons. The molecule has 2 aromatic carbocycles. The zero-order chi connectivity index (χ0) is 20.0. The summed E-state index contributed by atoms with van der Waals surface area (Å²) in [6, 6.07) is 12.2. The van der Waals surface area contributed by atoms with E-state index in [0.717, 1.165) is 53.3 Å². The minimum Gasteiger partial charge on any atom is -1.00 e. The predicted molar refractivity (Wildman–Crippen MR) is 117 cm³/mol. The summed E-state index contributed by atoms with van der Waals surface area (Å²) in [7, 11) is 0.